The number of aromatic nitrogens is 3. The first-order valence-corrected chi connectivity index (χ1v) is 6.21. The van der Waals surface area contributed by atoms with Gasteiger partial charge >= 0.3 is 0 Å². The summed E-state index contributed by atoms with van der Waals surface area (Å²) in [6.07, 6.45) is 1.96. The molecule has 6 heteroatoms. The Labute approximate surface area is 100 Å². The molecule has 0 aromatic carbocycles. The van der Waals surface area contributed by atoms with Crippen molar-refractivity contribution < 1.29 is 0 Å². The summed E-state index contributed by atoms with van der Waals surface area (Å²) in [7, 11) is 1.90. The van der Waals surface area contributed by atoms with Crippen molar-refractivity contribution in [2.75, 3.05) is 7.05 Å². The Morgan fingerprint density at radius 1 is 1.60 bits per heavy atom. The van der Waals surface area contributed by atoms with Crippen LogP contribution in [0.3, 0.4) is 0 Å². The fourth-order valence-corrected chi connectivity index (χ4v) is 2.49. The van der Waals surface area contributed by atoms with Crippen molar-refractivity contribution >= 4 is 27.3 Å². The lowest BCUT2D eigenvalue weighted by molar-refractivity contribution is 0.650. The summed E-state index contributed by atoms with van der Waals surface area (Å²) in [5.41, 5.74) is 2.21. The molecule has 0 atom stereocenters. The molecule has 0 fully saturated rings. The topological polar surface area (TPSA) is 42.7 Å². The van der Waals surface area contributed by atoms with Crippen molar-refractivity contribution in [1.82, 2.24) is 20.3 Å². The largest absolute Gasteiger partial charge is 0.314 e. The summed E-state index contributed by atoms with van der Waals surface area (Å²) in [6.45, 7) is 1.53. The highest BCUT2D eigenvalue weighted by atomic mass is 79.9. The van der Waals surface area contributed by atoms with Gasteiger partial charge in [-0.3, -0.25) is 0 Å². The highest BCUT2D eigenvalue weighted by Gasteiger charge is 2.02. The zero-order valence-electron chi connectivity index (χ0n) is 8.27. The Morgan fingerprint density at radius 2 is 2.47 bits per heavy atom. The molecule has 4 nitrogen and oxygen atoms in total. The molecule has 0 radical (unpaired) electrons. The van der Waals surface area contributed by atoms with Crippen LogP contribution in [0.15, 0.2) is 21.4 Å². The minimum Gasteiger partial charge on any atom is -0.314 e. The molecule has 0 unspecified atom stereocenters. The van der Waals surface area contributed by atoms with Crippen LogP contribution in [0, 0.1) is 0 Å². The van der Waals surface area contributed by atoms with Gasteiger partial charge < -0.3 is 5.32 Å². The van der Waals surface area contributed by atoms with Crippen LogP contribution in [0.5, 0.6) is 0 Å². The molecule has 80 valence electrons. The lowest BCUT2D eigenvalue weighted by atomic mass is 10.3. The zero-order chi connectivity index (χ0) is 10.7. The van der Waals surface area contributed by atoms with Crippen molar-refractivity contribution in [3.8, 4) is 0 Å². The fraction of sp³-hybridized carbons (Fsp3) is 0.333. The molecule has 2 aromatic heterocycles. The molecular weight excluding hydrogens is 276 g/mol. The van der Waals surface area contributed by atoms with Crippen LogP contribution in [0.4, 0.5) is 0 Å². The first-order valence-electron chi connectivity index (χ1n) is 4.54. The van der Waals surface area contributed by atoms with E-state index < -0.39 is 0 Å². The average molecular weight is 287 g/mol. The molecule has 0 saturated carbocycles. The number of rotatable bonds is 4. The third-order valence-corrected chi connectivity index (χ3v) is 3.46. The first-order chi connectivity index (χ1) is 7.28. The maximum Gasteiger partial charge on any atom is 0.0964 e. The summed E-state index contributed by atoms with van der Waals surface area (Å²) in [5, 5.41) is 13.3. The second-order valence-electron chi connectivity index (χ2n) is 3.20. The van der Waals surface area contributed by atoms with E-state index in [9.17, 15) is 0 Å². The van der Waals surface area contributed by atoms with Gasteiger partial charge in [-0.25, -0.2) is 4.68 Å². The lowest BCUT2D eigenvalue weighted by Gasteiger charge is -1.95. The summed E-state index contributed by atoms with van der Waals surface area (Å²) < 4.78 is 2.99. The van der Waals surface area contributed by atoms with E-state index in [1.54, 1.807) is 11.3 Å². The maximum absolute atomic E-state index is 4.06. The van der Waals surface area contributed by atoms with Gasteiger partial charge in [-0.15, -0.1) is 16.4 Å². The molecule has 0 aliphatic rings. The van der Waals surface area contributed by atoms with Crippen molar-refractivity contribution in [1.29, 1.82) is 0 Å². The van der Waals surface area contributed by atoms with Crippen LogP contribution in [0.25, 0.3) is 0 Å². The van der Waals surface area contributed by atoms with Crippen molar-refractivity contribution in [2.45, 2.75) is 13.1 Å². The highest BCUT2D eigenvalue weighted by Crippen LogP contribution is 2.21. The first kappa shape index (κ1) is 10.8. The van der Waals surface area contributed by atoms with Gasteiger partial charge in [0.25, 0.3) is 0 Å². The van der Waals surface area contributed by atoms with E-state index in [0.717, 1.165) is 22.6 Å². The van der Waals surface area contributed by atoms with Crippen molar-refractivity contribution in [3.63, 3.8) is 0 Å². The molecule has 0 bridgehead atoms. The van der Waals surface area contributed by atoms with E-state index in [0.29, 0.717) is 0 Å². The molecule has 0 aliphatic carbocycles. The fourth-order valence-electron chi connectivity index (χ4n) is 1.29. The number of nitrogens with one attached hydrogen (secondary N) is 1. The smallest absolute Gasteiger partial charge is 0.0964 e. The SMILES string of the molecule is CNCc1cn(Cc2csc(Br)c2)nn1. The van der Waals surface area contributed by atoms with E-state index in [2.05, 4.69) is 43.0 Å². The molecule has 0 spiro atoms. The van der Waals surface area contributed by atoms with Gasteiger partial charge in [0.05, 0.1) is 22.2 Å². The molecule has 0 amide bonds. The zero-order valence-corrected chi connectivity index (χ0v) is 10.7. The van der Waals surface area contributed by atoms with E-state index in [-0.39, 0.29) is 0 Å². The van der Waals surface area contributed by atoms with Crippen LogP contribution in [-0.2, 0) is 13.1 Å². The Morgan fingerprint density at radius 3 is 3.13 bits per heavy atom. The van der Waals surface area contributed by atoms with Crippen molar-refractivity contribution in [3.05, 3.63) is 32.7 Å². The quantitative estimate of drug-likeness (QED) is 0.933. The molecule has 2 rings (SSSR count). The minimum absolute atomic E-state index is 0.757. The van der Waals surface area contributed by atoms with E-state index in [1.807, 2.05) is 17.9 Å². The third-order valence-electron chi connectivity index (χ3n) is 1.91. The van der Waals surface area contributed by atoms with Crippen LogP contribution >= 0.6 is 27.3 Å². The lowest BCUT2D eigenvalue weighted by Crippen LogP contribution is -2.05. The Bertz CT molecular complexity index is 437. The van der Waals surface area contributed by atoms with Crippen molar-refractivity contribution in [2.24, 2.45) is 0 Å². The normalized spacial score (nSPS) is 10.8. The summed E-state index contributed by atoms with van der Waals surface area (Å²) in [4.78, 5) is 0. The second kappa shape index (κ2) is 4.87. The standard InChI is InChI=1S/C9H11BrN4S/c1-11-3-8-5-14(13-12-8)4-7-2-9(10)15-6-7/h2,5-6,11H,3-4H2,1H3. The predicted molar refractivity (Wildman–Crippen MR) is 63.9 cm³/mol. The molecule has 1 N–H and O–H groups in total. The van der Waals surface area contributed by atoms with E-state index in [4.69, 9.17) is 0 Å². The Kier molecular flexibility index (Phi) is 3.50. The van der Waals surface area contributed by atoms with Crippen LogP contribution in [0.1, 0.15) is 11.3 Å². The maximum atomic E-state index is 4.06. The minimum atomic E-state index is 0.757. The van der Waals surface area contributed by atoms with Gasteiger partial charge in [0.1, 0.15) is 0 Å². The van der Waals surface area contributed by atoms with E-state index in [1.165, 1.54) is 5.56 Å². The average Bonchev–Trinajstić information content (AvgIpc) is 2.78. The van der Waals surface area contributed by atoms with Crippen LogP contribution < -0.4 is 5.32 Å². The van der Waals surface area contributed by atoms with Gasteiger partial charge in [0.2, 0.25) is 0 Å². The molecule has 0 aliphatic heterocycles. The number of hydrogen-bond donors (Lipinski definition) is 1. The number of nitrogens with zero attached hydrogens (tertiary/aromatic N) is 3. The Balaban J connectivity index is 2.04. The van der Waals surface area contributed by atoms with Gasteiger partial charge in [0.15, 0.2) is 0 Å². The number of thiophene rings is 1. The summed E-state index contributed by atoms with van der Waals surface area (Å²) in [5.74, 6) is 0. The molecule has 2 aromatic rings. The van der Waals surface area contributed by atoms with Gasteiger partial charge in [0, 0.05) is 6.54 Å². The summed E-state index contributed by atoms with van der Waals surface area (Å²) in [6, 6.07) is 2.10. The predicted octanol–water partition coefficient (Wildman–Crippen LogP) is 1.87. The molecular formula is C9H11BrN4S. The third kappa shape index (κ3) is 2.87. The van der Waals surface area contributed by atoms with Gasteiger partial charge in [-0.1, -0.05) is 5.21 Å². The van der Waals surface area contributed by atoms with Gasteiger partial charge in [-0.2, -0.15) is 0 Å². The molecule has 2 heterocycles. The Hall–Kier alpha value is -0.720. The molecule has 15 heavy (non-hydrogen) atoms. The van der Waals surface area contributed by atoms with Crippen LogP contribution in [0.2, 0.25) is 0 Å². The highest BCUT2D eigenvalue weighted by molar-refractivity contribution is 9.11. The number of hydrogen-bond acceptors (Lipinski definition) is 4. The van der Waals surface area contributed by atoms with Crippen LogP contribution in [-0.4, -0.2) is 22.0 Å². The van der Waals surface area contributed by atoms with Gasteiger partial charge in [-0.05, 0) is 40.0 Å². The monoisotopic (exact) mass is 286 g/mol. The second-order valence-corrected chi connectivity index (χ2v) is 5.49. The molecule has 0 saturated heterocycles. The number of halogens is 1. The van der Waals surface area contributed by atoms with E-state index >= 15 is 0 Å². The summed E-state index contributed by atoms with van der Waals surface area (Å²) >= 11 is 5.12.